The number of hydrogen-bond donors (Lipinski definition) is 2. The Hall–Kier alpha value is -2.89. The molecule has 3 heterocycles. The maximum Gasteiger partial charge on any atom is 0.227 e. The van der Waals surface area contributed by atoms with E-state index >= 15 is 0 Å². The quantitative estimate of drug-likeness (QED) is 0.770. The number of likely N-dealkylation sites (tertiary alicyclic amines) is 1. The van der Waals surface area contributed by atoms with E-state index in [0.717, 1.165) is 41.7 Å². The number of carbonyl (C=O) groups excluding carboxylic acids is 1. The molecule has 128 valence electrons. The van der Waals surface area contributed by atoms with Gasteiger partial charge in [0.25, 0.3) is 0 Å². The van der Waals surface area contributed by atoms with E-state index in [1.165, 1.54) is 0 Å². The molecule has 0 radical (unpaired) electrons. The highest BCUT2D eigenvalue weighted by atomic mass is 16.3. The monoisotopic (exact) mass is 336 g/mol. The number of nitrogens with one attached hydrogen (secondary N) is 1. The second-order valence-corrected chi connectivity index (χ2v) is 6.53. The van der Waals surface area contributed by atoms with Crippen LogP contribution in [0.2, 0.25) is 0 Å². The Labute approximate surface area is 145 Å². The van der Waals surface area contributed by atoms with Gasteiger partial charge in [0.05, 0.1) is 6.42 Å². The second kappa shape index (κ2) is 6.55. The summed E-state index contributed by atoms with van der Waals surface area (Å²) in [4.78, 5) is 18.9. The molecule has 3 aromatic rings. The van der Waals surface area contributed by atoms with Crippen LogP contribution in [0, 0.1) is 0 Å². The third kappa shape index (κ3) is 3.20. The number of benzene rings is 1. The first kappa shape index (κ1) is 15.6. The number of amides is 1. The number of pyridine rings is 1. The first-order valence-corrected chi connectivity index (χ1v) is 8.55. The summed E-state index contributed by atoms with van der Waals surface area (Å²) in [6, 6.07) is 10.8. The maximum absolute atomic E-state index is 12.7. The number of piperidine rings is 1. The van der Waals surface area contributed by atoms with Crippen LogP contribution in [0.1, 0.15) is 30.0 Å². The largest absolute Gasteiger partial charge is 0.508 e. The Balaban J connectivity index is 1.49. The summed E-state index contributed by atoms with van der Waals surface area (Å²) in [5.74, 6) is 0.595. The van der Waals surface area contributed by atoms with Crippen molar-refractivity contribution in [2.75, 3.05) is 13.1 Å². The number of aromatic nitrogens is 3. The van der Waals surface area contributed by atoms with Crippen molar-refractivity contribution in [2.24, 2.45) is 0 Å². The van der Waals surface area contributed by atoms with E-state index in [9.17, 15) is 9.90 Å². The van der Waals surface area contributed by atoms with Gasteiger partial charge in [-0.3, -0.25) is 9.89 Å². The van der Waals surface area contributed by atoms with Crippen LogP contribution in [0.3, 0.4) is 0 Å². The number of aromatic amines is 1. The number of carbonyl (C=O) groups is 1. The molecule has 2 N–H and O–H groups in total. The first-order valence-electron chi connectivity index (χ1n) is 8.55. The molecule has 0 spiro atoms. The number of phenolic OH excluding ortho intramolecular Hbond substituents is 1. The lowest BCUT2D eigenvalue weighted by molar-refractivity contribution is -0.131. The second-order valence-electron chi connectivity index (χ2n) is 6.53. The summed E-state index contributed by atoms with van der Waals surface area (Å²) in [6.45, 7) is 1.49. The minimum Gasteiger partial charge on any atom is -0.508 e. The molecule has 0 bridgehead atoms. The Morgan fingerprint density at radius 3 is 2.96 bits per heavy atom. The highest BCUT2D eigenvalue weighted by molar-refractivity contribution is 5.80. The van der Waals surface area contributed by atoms with Gasteiger partial charge in [0.2, 0.25) is 5.91 Å². The third-order valence-electron chi connectivity index (χ3n) is 4.83. The van der Waals surface area contributed by atoms with Crippen molar-refractivity contribution in [1.29, 1.82) is 0 Å². The Morgan fingerprint density at radius 2 is 2.12 bits per heavy atom. The molecule has 0 saturated carbocycles. The zero-order chi connectivity index (χ0) is 17.2. The maximum atomic E-state index is 12.7. The van der Waals surface area contributed by atoms with Crippen LogP contribution in [-0.2, 0) is 11.2 Å². The number of rotatable bonds is 3. The molecule has 1 unspecified atom stereocenters. The molecular formula is C19H20N4O2. The normalized spacial score (nSPS) is 17.8. The summed E-state index contributed by atoms with van der Waals surface area (Å²) < 4.78 is 0. The van der Waals surface area contributed by atoms with Crippen molar-refractivity contribution in [3.8, 4) is 5.75 Å². The van der Waals surface area contributed by atoms with E-state index in [1.54, 1.807) is 30.5 Å². The molecule has 4 rings (SSSR count). The third-order valence-corrected chi connectivity index (χ3v) is 4.83. The predicted octanol–water partition coefficient (Wildman–Crippen LogP) is 2.61. The lowest BCUT2D eigenvalue weighted by Gasteiger charge is -2.32. The van der Waals surface area contributed by atoms with Gasteiger partial charge in [0.15, 0.2) is 5.65 Å². The van der Waals surface area contributed by atoms with Gasteiger partial charge in [-0.15, -0.1) is 0 Å². The standard InChI is InChI=1S/C19H20N4O2/c24-15-7-5-13(6-8-15)11-17(25)23-10-2-3-14(12-23)18-16-4-1-9-20-19(16)22-21-18/h1,4-9,14,24H,2-3,10-12H2,(H,20,21,22). The highest BCUT2D eigenvalue weighted by Gasteiger charge is 2.27. The van der Waals surface area contributed by atoms with Crippen molar-refractivity contribution in [2.45, 2.75) is 25.2 Å². The molecule has 1 aliphatic rings. The summed E-state index contributed by atoms with van der Waals surface area (Å²) in [7, 11) is 0. The first-order chi connectivity index (χ1) is 12.2. The van der Waals surface area contributed by atoms with Crippen molar-refractivity contribution in [3.05, 3.63) is 53.9 Å². The molecule has 2 aromatic heterocycles. The minimum atomic E-state index is 0.123. The van der Waals surface area contributed by atoms with E-state index in [-0.39, 0.29) is 17.6 Å². The van der Waals surface area contributed by atoms with Gasteiger partial charge in [-0.25, -0.2) is 4.98 Å². The van der Waals surface area contributed by atoms with Crippen molar-refractivity contribution in [3.63, 3.8) is 0 Å². The smallest absolute Gasteiger partial charge is 0.227 e. The van der Waals surface area contributed by atoms with Crippen LogP contribution in [0.4, 0.5) is 0 Å². The molecule has 1 aromatic carbocycles. The van der Waals surface area contributed by atoms with Gasteiger partial charge < -0.3 is 10.0 Å². The van der Waals surface area contributed by atoms with Gasteiger partial charge in [0, 0.05) is 36.3 Å². The van der Waals surface area contributed by atoms with Gasteiger partial charge in [-0.2, -0.15) is 5.10 Å². The van der Waals surface area contributed by atoms with Crippen molar-refractivity contribution >= 4 is 16.9 Å². The van der Waals surface area contributed by atoms with E-state index in [0.29, 0.717) is 13.0 Å². The lowest BCUT2D eigenvalue weighted by atomic mass is 9.93. The fourth-order valence-corrected chi connectivity index (χ4v) is 3.52. The number of H-pyrrole nitrogens is 1. The van der Waals surface area contributed by atoms with Gasteiger partial charge >= 0.3 is 0 Å². The summed E-state index contributed by atoms with van der Waals surface area (Å²) >= 11 is 0. The van der Waals surface area contributed by atoms with Crippen molar-refractivity contribution < 1.29 is 9.90 Å². The number of fused-ring (bicyclic) bond motifs is 1. The Bertz CT molecular complexity index is 888. The summed E-state index contributed by atoms with van der Waals surface area (Å²) in [5, 5.41) is 17.8. The van der Waals surface area contributed by atoms with Gasteiger partial charge in [-0.1, -0.05) is 12.1 Å². The molecule has 1 saturated heterocycles. The fourth-order valence-electron chi connectivity index (χ4n) is 3.52. The highest BCUT2D eigenvalue weighted by Crippen LogP contribution is 2.30. The van der Waals surface area contributed by atoms with E-state index in [4.69, 9.17) is 0 Å². The van der Waals surface area contributed by atoms with E-state index in [2.05, 4.69) is 15.2 Å². The molecule has 1 atom stereocenters. The number of nitrogens with zero attached hydrogens (tertiary/aromatic N) is 3. The average molecular weight is 336 g/mol. The van der Waals surface area contributed by atoms with Crippen LogP contribution in [0.15, 0.2) is 42.6 Å². The van der Waals surface area contributed by atoms with Crippen molar-refractivity contribution in [1.82, 2.24) is 20.1 Å². The van der Waals surface area contributed by atoms with Crippen LogP contribution < -0.4 is 0 Å². The van der Waals surface area contributed by atoms with Crippen LogP contribution in [0.5, 0.6) is 5.75 Å². The zero-order valence-electron chi connectivity index (χ0n) is 13.9. The molecule has 0 aliphatic carbocycles. The average Bonchev–Trinajstić information content (AvgIpc) is 3.08. The SMILES string of the molecule is O=C(Cc1ccc(O)cc1)N1CCCC(c2[nH]nc3ncccc23)C1. The topological polar surface area (TPSA) is 82.1 Å². The molecule has 1 fully saturated rings. The number of hydrogen-bond acceptors (Lipinski definition) is 4. The fraction of sp³-hybridized carbons (Fsp3) is 0.316. The zero-order valence-corrected chi connectivity index (χ0v) is 13.9. The Morgan fingerprint density at radius 1 is 1.28 bits per heavy atom. The van der Waals surface area contributed by atoms with Gasteiger partial charge in [0.1, 0.15) is 5.75 Å². The molecule has 25 heavy (non-hydrogen) atoms. The molecule has 6 heteroatoms. The van der Waals surface area contributed by atoms with Crippen LogP contribution in [-0.4, -0.2) is 44.2 Å². The Kier molecular flexibility index (Phi) is 4.09. The number of phenols is 1. The predicted molar refractivity (Wildman–Crippen MR) is 94.3 cm³/mol. The summed E-state index contributed by atoms with van der Waals surface area (Å²) in [6.07, 6.45) is 4.11. The molecule has 1 amide bonds. The van der Waals surface area contributed by atoms with Crippen LogP contribution >= 0.6 is 0 Å². The molecule has 6 nitrogen and oxygen atoms in total. The number of aromatic hydroxyl groups is 1. The van der Waals surface area contributed by atoms with Gasteiger partial charge in [-0.05, 0) is 42.7 Å². The van der Waals surface area contributed by atoms with E-state index in [1.807, 2.05) is 17.0 Å². The molecular weight excluding hydrogens is 316 g/mol. The van der Waals surface area contributed by atoms with E-state index < -0.39 is 0 Å². The molecule has 1 aliphatic heterocycles. The summed E-state index contributed by atoms with van der Waals surface area (Å²) in [5.41, 5.74) is 2.72. The lowest BCUT2D eigenvalue weighted by Crippen LogP contribution is -2.40. The van der Waals surface area contributed by atoms with Crippen LogP contribution in [0.25, 0.3) is 11.0 Å². The minimum absolute atomic E-state index is 0.123.